The number of thiophene rings is 1. The van der Waals surface area contributed by atoms with Crippen molar-refractivity contribution in [3.63, 3.8) is 0 Å². The molecule has 1 aliphatic heterocycles. The summed E-state index contributed by atoms with van der Waals surface area (Å²) < 4.78 is 5.01. The standard InChI is InChI=1S/C20H30N2O3S/c1-25-12-6-9-21-19(23)15-7-8-17-16(13-15)14-18(26-17)20(24)22-10-4-2-3-5-11-22/h14-15H,2-13H2,1H3,(H,21,23)/t15-/m0/s1. The molecule has 1 N–H and O–H groups in total. The number of carbonyl (C=O) groups is 2. The fourth-order valence-electron chi connectivity index (χ4n) is 3.85. The second-order valence-corrected chi connectivity index (χ2v) is 8.48. The van der Waals surface area contributed by atoms with Crippen molar-refractivity contribution < 1.29 is 14.3 Å². The van der Waals surface area contributed by atoms with E-state index in [1.807, 2.05) is 4.90 Å². The molecule has 26 heavy (non-hydrogen) atoms. The van der Waals surface area contributed by atoms with Crippen molar-refractivity contribution in [2.45, 2.75) is 51.4 Å². The van der Waals surface area contributed by atoms with E-state index in [-0.39, 0.29) is 17.7 Å². The zero-order chi connectivity index (χ0) is 18.4. The summed E-state index contributed by atoms with van der Waals surface area (Å²) in [4.78, 5) is 29.4. The molecule has 0 saturated carbocycles. The first-order valence-electron chi connectivity index (χ1n) is 9.86. The molecule has 0 spiro atoms. The van der Waals surface area contributed by atoms with E-state index in [1.165, 1.54) is 23.3 Å². The molecule has 1 aromatic heterocycles. The van der Waals surface area contributed by atoms with E-state index in [0.717, 1.165) is 56.5 Å². The van der Waals surface area contributed by atoms with Crippen molar-refractivity contribution in [1.29, 1.82) is 0 Å². The lowest BCUT2D eigenvalue weighted by molar-refractivity contribution is -0.125. The summed E-state index contributed by atoms with van der Waals surface area (Å²) in [6, 6.07) is 2.05. The highest BCUT2D eigenvalue weighted by Gasteiger charge is 2.28. The Bertz CT molecular complexity index is 621. The molecule has 0 radical (unpaired) electrons. The Hall–Kier alpha value is -1.40. The number of ether oxygens (including phenoxy) is 1. The first-order chi connectivity index (χ1) is 12.7. The summed E-state index contributed by atoms with van der Waals surface area (Å²) in [5.41, 5.74) is 1.21. The molecule has 5 nitrogen and oxygen atoms in total. The molecule has 0 bridgehead atoms. The van der Waals surface area contributed by atoms with Gasteiger partial charge >= 0.3 is 0 Å². The molecule has 2 aliphatic rings. The number of nitrogens with zero attached hydrogens (tertiary/aromatic N) is 1. The average molecular weight is 379 g/mol. The molecule has 144 valence electrons. The van der Waals surface area contributed by atoms with Gasteiger partial charge in [-0.2, -0.15) is 0 Å². The molecule has 1 fully saturated rings. The van der Waals surface area contributed by atoms with Crippen LogP contribution in [0.1, 0.15) is 58.6 Å². The van der Waals surface area contributed by atoms with Crippen molar-refractivity contribution in [3.8, 4) is 0 Å². The monoisotopic (exact) mass is 378 g/mol. The van der Waals surface area contributed by atoms with Crippen molar-refractivity contribution >= 4 is 23.2 Å². The predicted octanol–water partition coefficient (Wildman–Crippen LogP) is 3.02. The number of hydrogen-bond donors (Lipinski definition) is 1. The Balaban J connectivity index is 1.58. The molecule has 1 saturated heterocycles. The number of likely N-dealkylation sites (tertiary alicyclic amines) is 1. The van der Waals surface area contributed by atoms with Crippen LogP contribution in [0.25, 0.3) is 0 Å². The van der Waals surface area contributed by atoms with Gasteiger partial charge in [0.25, 0.3) is 5.91 Å². The molecule has 2 heterocycles. The fraction of sp³-hybridized carbons (Fsp3) is 0.700. The Morgan fingerprint density at radius 3 is 2.77 bits per heavy atom. The number of fused-ring (bicyclic) bond motifs is 1. The Labute approximate surface area is 160 Å². The molecule has 0 aromatic carbocycles. The van der Waals surface area contributed by atoms with Crippen LogP contribution < -0.4 is 5.32 Å². The fourth-order valence-corrected chi connectivity index (χ4v) is 5.03. The van der Waals surface area contributed by atoms with Gasteiger partial charge in [-0.1, -0.05) is 12.8 Å². The van der Waals surface area contributed by atoms with Crippen LogP contribution in [0.15, 0.2) is 6.07 Å². The van der Waals surface area contributed by atoms with Gasteiger partial charge in [-0.15, -0.1) is 11.3 Å². The number of rotatable bonds is 6. The van der Waals surface area contributed by atoms with Crippen molar-refractivity contribution in [3.05, 3.63) is 21.4 Å². The number of carbonyl (C=O) groups excluding carboxylic acids is 2. The van der Waals surface area contributed by atoms with Gasteiger partial charge in [0.05, 0.1) is 4.88 Å². The highest BCUT2D eigenvalue weighted by molar-refractivity contribution is 7.14. The third kappa shape index (κ3) is 4.86. The maximum Gasteiger partial charge on any atom is 0.263 e. The average Bonchev–Trinajstić information content (AvgIpc) is 2.89. The number of hydrogen-bond acceptors (Lipinski definition) is 4. The normalized spacial score (nSPS) is 20.3. The summed E-state index contributed by atoms with van der Waals surface area (Å²) in [7, 11) is 1.67. The van der Waals surface area contributed by atoms with E-state index in [0.29, 0.717) is 13.2 Å². The zero-order valence-corrected chi connectivity index (χ0v) is 16.5. The third-order valence-electron chi connectivity index (χ3n) is 5.38. The summed E-state index contributed by atoms with van der Waals surface area (Å²) >= 11 is 1.64. The van der Waals surface area contributed by atoms with Crippen LogP contribution in [-0.4, -0.2) is 50.1 Å². The van der Waals surface area contributed by atoms with Crippen LogP contribution >= 0.6 is 11.3 Å². The van der Waals surface area contributed by atoms with Crippen LogP contribution in [0.5, 0.6) is 0 Å². The SMILES string of the molecule is COCCCNC(=O)[C@H]1CCc2sc(C(=O)N3CCCCCC3)cc2C1. The number of amides is 2. The molecular weight excluding hydrogens is 348 g/mol. The molecule has 1 atom stereocenters. The van der Waals surface area contributed by atoms with Crippen LogP contribution in [0, 0.1) is 5.92 Å². The van der Waals surface area contributed by atoms with E-state index in [4.69, 9.17) is 4.74 Å². The highest BCUT2D eigenvalue weighted by Crippen LogP contribution is 2.33. The van der Waals surface area contributed by atoms with Gasteiger partial charge < -0.3 is 15.0 Å². The molecule has 0 unspecified atom stereocenters. The lowest BCUT2D eigenvalue weighted by atomic mass is 9.87. The molecular formula is C20H30N2O3S. The zero-order valence-electron chi connectivity index (χ0n) is 15.7. The summed E-state index contributed by atoms with van der Waals surface area (Å²) in [6.07, 6.45) is 8.06. The van der Waals surface area contributed by atoms with E-state index in [1.54, 1.807) is 18.4 Å². The smallest absolute Gasteiger partial charge is 0.263 e. The summed E-state index contributed by atoms with van der Waals surface area (Å²) in [6.45, 7) is 3.10. The molecule has 1 aromatic rings. The van der Waals surface area contributed by atoms with Gasteiger partial charge in [0.1, 0.15) is 0 Å². The van der Waals surface area contributed by atoms with E-state index >= 15 is 0 Å². The second kappa shape index (κ2) is 9.51. The summed E-state index contributed by atoms with van der Waals surface area (Å²) in [5.74, 6) is 0.353. The first kappa shape index (κ1) is 19.4. The maximum atomic E-state index is 12.8. The lowest BCUT2D eigenvalue weighted by Gasteiger charge is -2.21. The summed E-state index contributed by atoms with van der Waals surface area (Å²) in [5, 5.41) is 3.02. The number of aryl methyl sites for hydroxylation is 1. The largest absolute Gasteiger partial charge is 0.385 e. The van der Waals surface area contributed by atoms with Crippen LogP contribution in [0.2, 0.25) is 0 Å². The van der Waals surface area contributed by atoms with E-state index in [2.05, 4.69) is 11.4 Å². The van der Waals surface area contributed by atoms with E-state index in [9.17, 15) is 9.59 Å². The van der Waals surface area contributed by atoms with Crippen LogP contribution in [-0.2, 0) is 22.4 Å². The predicted molar refractivity (Wildman–Crippen MR) is 104 cm³/mol. The molecule has 6 heteroatoms. The minimum Gasteiger partial charge on any atom is -0.385 e. The quantitative estimate of drug-likeness (QED) is 0.774. The minimum atomic E-state index is 0.0285. The topological polar surface area (TPSA) is 58.6 Å². The van der Waals surface area contributed by atoms with Crippen LogP contribution in [0.4, 0.5) is 0 Å². The van der Waals surface area contributed by atoms with Crippen LogP contribution in [0.3, 0.4) is 0 Å². The number of nitrogens with one attached hydrogen (secondary N) is 1. The van der Waals surface area contributed by atoms with Crippen molar-refractivity contribution in [2.24, 2.45) is 5.92 Å². The lowest BCUT2D eigenvalue weighted by Crippen LogP contribution is -2.34. The van der Waals surface area contributed by atoms with Gasteiger partial charge in [0, 0.05) is 44.1 Å². The van der Waals surface area contributed by atoms with Gasteiger partial charge in [0.15, 0.2) is 0 Å². The first-order valence-corrected chi connectivity index (χ1v) is 10.7. The third-order valence-corrected chi connectivity index (χ3v) is 6.61. The Kier molecular flexibility index (Phi) is 7.08. The van der Waals surface area contributed by atoms with Gasteiger partial charge in [-0.25, -0.2) is 0 Å². The van der Waals surface area contributed by atoms with Crippen molar-refractivity contribution in [2.75, 3.05) is 33.4 Å². The maximum absolute atomic E-state index is 12.8. The second-order valence-electron chi connectivity index (χ2n) is 7.34. The van der Waals surface area contributed by atoms with Gasteiger partial charge in [-0.05, 0) is 50.2 Å². The van der Waals surface area contributed by atoms with Gasteiger partial charge in [-0.3, -0.25) is 9.59 Å². The molecule has 1 aliphatic carbocycles. The molecule has 3 rings (SSSR count). The Morgan fingerprint density at radius 1 is 1.27 bits per heavy atom. The molecule has 2 amide bonds. The highest BCUT2D eigenvalue weighted by atomic mass is 32.1. The Morgan fingerprint density at radius 2 is 2.04 bits per heavy atom. The van der Waals surface area contributed by atoms with Crippen molar-refractivity contribution in [1.82, 2.24) is 10.2 Å². The van der Waals surface area contributed by atoms with Gasteiger partial charge in [0.2, 0.25) is 5.91 Å². The minimum absolute atomic E-state index is 0.0285. The van der Waals surface area contributed by atoms with E-state index < -0.39 is 0 Å². The number of methoxy groups -OCH3 is 1.